The molecule has 10 heteroatoms. The summed E-state index contributed by atoms with van der Waals surface area (Å²) in [7, 11) is 3.16. The van der Waals surface area contributed by atoms with Crippen molar-refractivity contribution in [1.82, 2.24) is 20.6 Å². The van der Waals surface area contributed by atoms with Gasteiger partial charge in [-0.2, -0.15) is 0 Å². The number of halogens is 1. The number of benzene rings is 1. The van der Waals surface area contributed by atoms with Crippen LogP contribution >= 0.6 is 11.3 Å². The van der Waals surface area contributed by atoms with E-state index in [0.717, 1.165) is 32.9 Å². The van der Waals surface area contributed by atoms with E-state index in [0.29, 0.717) is 24.6 Å². The van der Waals surface area contributed by atoms with Gasteiger partial charge in [0.05, 0.1) is 27.4 Å². The SMILES string of the molecule is CNC(=O)Nc1ccc(Oc2ccnc3cc(-c4ccc(CNCCOC)cn4)sc23)c(F)c1. The average Bonchev–Trinajstić information content (AvgIpc) is 3.29. The van der Waals surface area contributed by atoms with Crippen LogP contribution in [0.1, 0.15) is 5.56 Å². The van der Waals surface area contributed by atoms with Crippen molar-refractivity contribution in [2.45, 2.75) is 6.54 Å². The van der Waals surface area contributed by atoms with E-state index in [2.05, 4.69) is 25.9 Å². The number of anilines is 1. The van der Waals surface area contributed by atoms with Gasteiger partial charge in [0, 0.05) is 57.5 Å². The number of pyridine rings is 2. The van der Waals surface area contributed by atoms with E-state index in [1.807, 2.05) is 24.4 Å². The lowest BCUT2D eigenvalue weighted by molar-refractivity contribution is 0.199. The quantitative estimate of drug-likeness (QED) is 0.298. The van der Waals surface area contributed by atoms with Crippen molar-refractivity contribution in [2.24, 2.45) is 0 Å². The fourth-order valence-electron chi connectivity index (χ4n) is 3.18. The zero-order valence-electron chi connectivity index (χ0n) is 18.7. The Kier molecular flexibility index (Phi) is 7.63. The molecule has 0 bridgehead atoms. The first-order valence-electron chi connectivity index (χ1n) is 10.6. The molecule has 3 heterocycles. The van der Waals surface area contributed by atoms with E-state index in [1.165, 1.54) is 30.5 Å². The molecule has 0 spiro atoms. The maximum Gasteiger partial charge on any atom is 0.318 e. The second kappa shape index (κ2) is 11.0. The van der Waals surface area contributed by atoms with Crippen LogP contribution in [0.4, 0.5) is 14.9 Å². The Hall–Kier alpha value is -3.60. The molecule has 4 aromatic rings. The molecule has 1 aromatic carbocycles. The van der Waals surface area contributed by atoms with Crippen LogP contribution in [0, 0.1) is 5.82 Å². The number of methoxy groups -OCH3 is 1. The molecular formula is C24H24FN5O3S. The van der Waals surface area contributed by atoms with Crippen LogP contribution in [0.3, 0.4) is 0 Å². The van der Waals surface area contributed by atoms with Gasteiger partial charge in [-0.1, -0.05) is 6.07 Å². The standard InChI is InChI=1S/C24H24FN5O3S/c1-26-24(31)30-16-4-6-20(17(25)11-16)33-21-7-8-28-19-12-22(34-23(19)21)18-5-3-15(14-29-18)13-27-9-10-32-2/h3-8,11-12,14,27H,9-10,13H2,1-2H3,(H2,26,30,31). The van der Waals surface area contributed by atoms with Crippen LogP contribution in [0.25, 0.3) is 20.8 Å². The average molecular weight is 482 g/mol. The van der Waals surface area contributed by atoms with Crippen LogP contribution in [0.15, 0.2) is 54.9 Å². The molecule has 0 fully saturated rings. The molecule has 4 rings (SSSR count). The highest BCUT2D eigenvalue weighted by atomic mass is 32.1. The highest BCUT2D eigenvalue weighted by Gasteiger charge is 2.14. The van der Waals surface area contributed by atoms with Crippen molar-refractivity contribution in [2.75, 3.05) is 32.6 Å². The van der Waals surface area contributed by atoms with Gasteiger partial charge in [0.2, 0.25) is 0 Å². The normalized spacial score (nSPS) is 10.9. The minimum Gasteiger partial charge on any atom is -0.453 e. The number of aromatic nitrogens is 2. The topological polar surface area (TPSA) is 97.4 Å². The van der Waals surface area contributed by atoms with E-state index in [4.69, 9.17) is 9.47 Å². The molecule has 0 radical (unpaired) electrons. The van der Waals surface area contributed by atoms with E-state index < -0.39 is 11.8 Å². The number of nitrogens with one attached hydrogen (secondary N) is 3. The number of nitrogens with zero attached hydrogens (tertiary/aromatic N) is 2. The second-order valence-corrected chi connectivity index (χ2v) is 8.36. The fourth-order valence-corrected chi connectivity index (χ4v) is 4.22. The number of thiophene rings is 1. The van der Waals surface area contributed by atoms with Gasteiger partial charge >= 0.3 is 6.03 Å². The number of hydrogen-bond donors (Lipinski definition) is 3. The van der Waals surface area contributed by atoms with E-state index in [9.17, 15) is 9.18 Å². The maximum absolute atomic E-state index is 14.6. The van der Waals surface area contributed by atoms with Crippen LogP contribution in [0.5, 0.6) is 11.5 Å². The zero-order chi connectivity index (χ0) is 23.9. The van der Waals surface area contributed by atoms with Gasteiger partial charge in [0.15, 0.2) is 11.6 Å². The molecule has 0 aliphatic heterocycles. The molecule has 0 saturated heterocycles. The molecule has 34 heavy (non-hydrogen) atoms. The van der Waals surface area contributed by atoms with Gasteiger partial charge in [0.25, 0.3) is 0 Å². The first kappa shape index (κ1) is 23.6. The number of amides is 2. The van der Waals surface area contributed by atoms with Crippen LogP contribution < -0.4 is 20.7 Å². The Labute approximate surface area is 200 Å². The lowest BCUT2D eigenvalue weighted by Crippen LogP contribution is -2.24. The molecule has 176 valence electrons. The lowest BCUT2D eigenvalue weighted by atomic mass is 10.2. The molecule has 8 nitrogen and oxygen atoms in total. The number of rotatable bonds is 9. The first-order chi connectivity index (χ1) is 16.6. The van der Waals surface area contributed by atoms with Crippen LogP contribution in [0.2, 0.25) is 0 Å². The third-order valence-electron chi connectivity index (χ3n) is 4.90. The summed E-state index contributed by atoms with van der Waals surface area (Å²) in [4.78, 5) is 21.4. The number of carbonyl (C=O) groups excluding carboxylic acids is 1. The number of hydrogen-bond acceptors (Lipinski definition) is 7. The molecule has 0 aliphatic carbocycles. The maximum atomic E-state index is 14.6. The minimum absolute atomic E-state index is 0.0494. The number of fused-ring (bicyclic) bond motifs is 1. The van der Waals surface area contributed by atoms with Crippen molar-refractivity contribution in [3.8, 4) is 22.1 Å². The van der Waals surface area contributed by atoms with Gasteiger partial charge in [-0.3, -0.25) is 9.97 Å². The second-order valence-electron chi connectivity index (χ2n) is 7.31. The molecule has 0 aliphatic rings. The lowest BCUT2D eigenvalue weighted by Gasteiger charge is -2.09. The van der Waals surface area contributed by atoms with Crippen molar-refractivity contribution in [3.05, 3.63) is 66.2 Å². The van der Waals surface area contributed by atoms with Gasteiger partial charge in [0.1, 0.15) is 5.75 Å². The molecule has 2 amide bonds. The molecule has 0 unspecified atom stereocenters. The summed E-state index contributed by atoms with van der Waals surface area (Å²) in [5.74, 6) is -0.0495. The van der Waals surface area contributed by atoms with Gasteiger partial charge < -0.3 is 25.4 Å². The van der Waals surface area contributed by atoms with Gasteiger partial charge in [-0.05, 0) is 29.8 Å². The van der Waals surface area contributed by atoms with E-state index >= 15 is 0 Å². The number of ether oxygens (including phenoxy) is 2. The fraction of sp³-hybridized carbons (Fsp3) is 0.208. The van der Waals surface area contributed by atoms with Gasteiger partial charge in [-0.15, -0.1) is 11.3 Å². The Morgan fingerprint density at radius 2 is 2.00 bits per heavy atom. The molecule has 0 saturated carbocycles. The van der Waals surface area contributed by atoms with Crippen LogP contribution in [-0.2, 0) is 11.3 Å². The number of urea groups is 1. The molecule has 3 N–H and O–H groups in total. The molecule has 0 atom stereocenters. The minimum atomic E-state index is -0.591. The summed E-state index contributed by atoms with van der Waals surface area (Å²) in [5.41, 5.74) is 2.96. The van der Waals surface area contributed by atoms with E-state index in [1.54, 1.807) is 25.4 Å². The summed E-state index contributed by atoms with van der Waals surface area (Å²) in [6.07, 6.45) is 3.46. The van der Waals surface area contributed by atoms with Crippen molar-refractivity contribution < 1.29 is 18.7 Å². The predicted molar refractivity (Wildman–Crippen MR) is 131 cm³/mol. The van der Waals surface area contributed by atoms with Crippen molar-refractivity contribution in [1.29, 1.82) is 0 Å². The largest absolute Gasteiger partial charge is 0.453 e. The Morgan fingerprint density at radius 1 is 1.12 bits per heavy atom. The molecular weight excluding hydrogens is 457 g/mol. The predicted octanol–water partition coefficient (Wildman–Crippen LogP) is 4.78. The zero-order valence-corrected chi connectivity index (χ0v) is 19.5. The monoisotopic (exact) mass is 481 g/mol. The van der Waals surface area contributed by atoms with Crippen molar-refractivity contribution in [3.63, 3.8) is 0 Å². The Balaban J connectivity index is 1.52. The number of carbonyl (C=O) groups is 1. The first-order valence-corrected chi connectivity index (χ1v) is 11.4. The summed E-state index contributed by atoms with van der Waals surface area (Å²) < 4.78 is 26.3. The third kappa shape index (κ3) is 5.66. The summed E-state index contributed by atoms with van der Waals surface area (Å²) >= 11 is 1.48. The van der Waals surface area contributed by atoms with E-state index in [-0.39, 0.29) is 5.75 Å². The van der Waals surface area contributed by atoms with Gasteiger partial charge in [-0.25, -0.2) is 9.18 Å². The van der Waals surface area contributed by atoms with Crippen LogP contribution in [-0.4, -0.2) is 43.3 Å². The smallest absolute Gasteiger partial charge is 0.318 e. The summed E-state index contributed by atoms with van der Waals surface area (Å²) in [6, 6.07) is 11.5. The summed E-state index contributed by atoms with van der Waals surface area (Å²) in [6.45, 7) is 2.15. The summed E-state index contributed by atoms with van der Waals surface area (Å²) in [5, 5.41) is 8.23. The third-order valence-corrected chi connectivity index (χ3v) is 6.06. The molecule has 3 aromatic heterocycles. The Morgan fingerprint density at radius 3 is 2.74 bits per heavy atom. The van der Waals surface area contributed by atoms with Crippen molar-refractivity contribution >= 4 is 33.3 Å². The Bertz CT molecular complexity index is 1280. The highest BCUT2D eigenvalue weighted by molar-refractivity contribution is 7.22. The highest BCUT2D eigenvalue weighted by Crippen LogP contribution is 2.39.